The molecular formula is C27H32F2N6O3. The molecule has 9 nitrogen and oxygen atoms in total. The molecule has 1 atom stereocenters. The maximum Gasteiger partial charge on any atom is 0.267 e. The van der Waals surface area contributed by atoms with E-state index in [4.69, 9.17) is 4.74 Å². The van der Waals surface area contributed by atoms with E-state index in [0.717, 1.165) is 11.1 Å². The number of nitrogens with one attached hydrogen (secondary N) is 1. The molecule has 3 aromatic rings. The normalized spacial score (nSPS) is 15.5. The number of carbonyl (C=O) groups excluding carboxylic acids is 2. The van der Waals surface area contributed by atoms with Crippen LogP contribution in [0, 0.1) is 6.92 Å². The number of aromatic nitrogens is 4. The summed E-state index contributed by atoms with van der Waals surface area (Å²) in [4.78, 5) is 31.8. The van der Waals surface area contributed by atoms with Gasteiger partial charge >= 0.3 is 0 Å². The first-order chi connectivity index (χ1) is 18.0. The molecule has 3 heterocycles. The van der Waals surface area contributed by atoms with Gasteiger partial charge in [-0.1, -0.05) is 13.0 Å². The number of hydrogen-bond donors (Lipinski definition) is 1. The number of benzene rings is 1. The zero-order valence-corrected chi connectivity index (χ0v) is 22.2. The second-order valence-corrected chi connectivity index (χ2v) is 9.95. The lowest BCUT2D eigenvalue weighted by Crippen LogP contribution is -2.32. The van der Waals surface area contributed by atoms with Crippen LogP contribution in [0.2, 0.25) is 0 Å². The summed E-state index contributed by atoms with van der Waals surface area (Å²) in [5, 5.41) is 11.0. The van der Waals surface area contributed by atoms with Gasteiger partial charge in [0.15, 0.2) is 5.82 Å². The molecule has 1 N–H and O–H groups in total. The van der Waals surface area contributed by atoms with Crippen LogP contribution in [-0.4, -0.2) is 62.6 Å². The van der Waals surface area contributed by atoms with Gasteiger partial charge in [-0.05, 0) is 62.1 Å². The van der Waals surface area contributed by atoms with Crippen molar-refractivity contribution in [3.63, 3.8) is 0 Å². The number of amides is 2. The first-order valence-corrected chi connectivity index (χ1v) is 12.5. The van der Waals surface area contributed by atoms with Crippen molar-refractivity contribution in [2.45, 2.75) is 58.4 Å². The summed E-state index contributed by atoms with van der Waals surface area (Å²) in [5.74, 6) is -2.61. The van der Waals surface area contributed by atoms with E-state index in [9.17, 15) is 18.4 Å². The molecule has 0 spiro atoms. The topological polar surface area (TPSA) is 102 Å². The van der Waals surface area contributed by atoms with E-state index in [1.165, 1.54) is 12.0 Å². The fourth-order valence-electron chi connectivity index (χ4n) is 4.64. The van der Waals surface area contributed by atoms with Crippen molar-refractivity contribution < 1.29 is 23.1 Å². The smallest absolute Gasteiger partial charge is 0.267 e. The number of ether oxygens (including phenoxy) is 1. The van der Waals surface area contributed by atoms with E-state index in [1.807, 2.05) is 32.3 Å². The monoisotopic (exact) mass is 526 g/mol. The predicted molar refractivity (Wildman–Crippen MR) is 138 cm³/mol. The highest BCUT2D eigenvalue weighted by molar-refractivity contribution is 6.06. The highest BCUT2D eigenvalue weighted by Crippen LogP contribution is 2.33. The highest BCUT2D eigenvalue weighted by Gasteiger charge is 2.40. The third kappa shape index (κ3) is 5.81. The minimum absolute atomic E-state index is 0.0490. The zero-order valence-electron chi connectivity index (χ0n) is 22.2. The molecule has 1 aromatic carbocycles. The number of alkyl halides is 2. The Morgan fingerprint density at radius 1 is 1.21 bits per heavy atom. The Balaban J connectivity index is 1.55. The number of aryl methyl sites for hydroxylation is 1. The van der Waals surface area contributed by atoms with Crippen LogP contribution in [0.1, 0.15) is 67.1 Å². The second kappa shape index (κ2) is 10.8. The number of carbonyl (C=O) groups is 2. The molecule has 2 aromatic heterocycles. The molecule has 1 aliphatic rings. The molecule has 2 amide bonds. The number of rotatable bonds is 8. The SMILES string of the molecule is COc1cc(C)c(C(C)CC(=O)N2CCC(F)(F)C2)cc1C(=O)Nc1cccc(-c2nncn2C(C)C)n1. The lowest BCUT2D eigenvalue weighted by Gasteiger charge is -2.21. The van der Waals surface area contributed by atoms with Crippen molar-refractivity contribution in [3.05, 3.63) is 53.3 Å². The van der Waals surface area contributed by atoms with E-state index >= 15 is 0 Å². The zero-order chi connectivity index (χ0) is 27.6. The van der Waals surface area contributed by atoms with Gasteiger partial charge in [-0.15, -0.1) is 10.2 Å². The standard InChI is InChI=1S/C27H32F2N6O3/c1-16(2)35-15-30-33-25(35)21-7-6-8-23(31-21)32-26(37)20-13-19(17(3)11-22(20)38-5)18(4)12-24(36)34-10-9-27(28,29)14-34/h6-8,11,13,15-16,18H,9-10,12,14H2,1-5H3,(H,31,32,37). The Kier molecular flexibility index (Phi) is 7.75. The molecule has 1 unspecified atom stereocenters. The van der Waals surface area contributed by atoms with Crippen LogP contribution in [-0.2, 0) is 4.79 Å². The number of hydrogen-bond acceptors (Lipinski definition) is 6. The van der Waals surface area contributed by atoms with Crippen LogP contribution in [0.4, 0.5) is 14.6 Å². The van der Waals surface area contributed by atoms with E-state index in [2.05, 4.69) is 20.5 Å². The Hall–Kier alpha value is -3.89. The van der Waals surface area contributed by atoms with Gasteiger partial charge in [-0.25, -0.2) is 13.8 Å². The number of anilines is 1. The minimum Gasteiger partial charge on any atom is -0.496 e. The van der Waals surface area contributed by atoms with E-state index in [-0.39, 0.29) is 42.8 Å². The summed E-state index contributed by atoms with van der Waals surface area (Å²) in [6.45, 7) is 7.23. The predicted octanol–water partition coefficient (Wildman–Crippen LogP) is 4.85. The molecule has 0 radical (unpaired) electrons. The van der Waals surface area contributed by atoms with Gasteiger partial charge in [-0.3, -0.25) is 9.59 Å². The highest BCUT2D eigenvalue weighted by atomic mass is 19.3. The van der Waals surface area contributed by atoms with E-state index in [1.54, 1.807) is 36.7 Å². The summed E-state index contributed by atoms with van der Waals surface area (Å²) in [6, 6.07) is 8.80. The molecule has 1 aliphatic heterocycles. The van der Waals surface area contributed by atoms with Crippen LogP contribution >= 0.6 is 0 Å². The molecule has 1 fully saturated rings. The summed E-state index contributed by atoms with van der Waals surface area (Å²) in [6.07, 6.45) is 1.38. The minimum atomic E-state index is -2.84. The lowest BCUT2D eigenvalue weighted by molar-refractivity contribution is -0.132. The third-order valence-corrected chi connectivity index (χ3v) is 6.72. The molecule has 0 aliphatic carbocycles. The fourth-order valence-corrected chi connectivity index (χ4v) is 4.64. The number of halogens is 2. The van der Waals surface area contributed by atoms with Crippen molar-refractivity contribution in [1.29, 1.82) is 0 Å². The quantitative estimate of drug-likeness (QED) is 0.450. The summed E-state index contributed by atoms with van der Waals surface area (Å²) in [5.41, 5.74) is 2.43. The Morgan fingerprint density at radius 3 is 2.63 bits per heavy atom. The molecule has 4 rings (SSSR count). The molecule has 11 heteroatoms. The van der Waals surface area contributed by atoms with E-state index < -0.39 is 18.4 Å². The van der Waals surface area contributed by atoms with Crippen molar-refractivity contribution >= 4 is 17.6 Å². The van der Waals surface area contributed by atoms with Gasteiger partial charge in [0.2, 0.25) is 5.91 Å². The van der Waals surface area contributed by atoms with Crippen molar-refractivity contribution in [2.24, 2.45) is 0 Å². The van der Waals surface area contributed by atoms with Crippen molar-refractivity contribution in [2.75, 3.05) is 25.5 Å². The molecule has 38 heavy (non-hydrogen) atoms. The first kappa shape index (κ1) is 27.2. The van der Waals surface area contributed by atoms with Gasteiger partial charge in [0.25, 0.3) is 11.8 Å². The Labute approximate surface area is 220 Å². The number of pyridine rings is 1. The lowest BCUT2D eigenvalue weighted by atomic mass is 9.91. The second-order valence-electron chi connectivity index (χ2n) is 9.95. The Bertz CT molecular complexity index is 1340. The van der Waals surface area contributed by atoms with Gasteiger partial charge in [0.1, 0.15) is 23.6 Å². The molecule has 0 bridgehead atoms. The fraction of sp³-hybridized carbons (Fsp3) is 0.444. The molecular weight excluding hydrogens is 494 g/mol. The van der Waals surface area contributed by atoms with Crippen LogP contribution in [0.15, 0.2) is 36.7 Å². The summed E-state index contributed by atoms with van der Waals surface area (Å²) >= 11 is 0. The van der Waals surface area contributed by atoms with Crippen molar-refractivity contribution in [1.82, 2.24) is 24.6 Å². The van der Waals surface area contributed by atoms with Crippen LogP contribution in [0.3, 0.4) is 0 Å². The van der Waals surface area contributed by atoms with Gasteiger partial charge in [0, 0.05) is 25.4 Å². The largest absolute Gasteiger partial charge is 0.496 e. The van der Waals surface area contributed by atoms with Gasteiger partial charge in [-0.2, -0.15) is 0 Å². The van der Waals surface area contributed by atoms with Gasteiger partial charge < -0.3 is 19.5 Å². The van der Waals surface area contributed by atoms with E-state index in [0.29, 0.717) is 23.1 Å². The van der Waals surface area contributed by atoms with Crippen LogP contribution < -0.4 is 10.1 Å². The molecule has 1 saturated heterocycles. The van der Waals surface area contributed by atoms with Crippen molar-refractivity contribution in [3.8, 4) is 17.3 Å². The molecule has 202 valence electrons. The number of methoxy groups -OCH3 is 1. The number of nitrogens with zero attached hydrogens (tertiary/aromatic N) is 5. The van der Waals surface area contributed by atoms with Gasteiger partial charge in [0.05, 0.1) is 19.2 Å². The first-order valence-electron chi connectivity index (χ1n) is 12.5. The number of likely N-dealkylation sites (tertiary alicyclic amines) is 1. The average molecular weight is 527 g/mol. The van der Waals surface area contributed by atoms with Crippen LogP contribution in [0.25, 0.3) is 11.5 Å². The summed E-state index contributed by atoms with van der Waals surface area (Å²) in [7, 11) is 1.48. The summed E-state index contributed by atoms with van der Waals surface area (Å²) < 4.78 is 34.5. The third-order valence-electron chi connectivity index (χ3n) is 6.72. The van der Waals surface area contributed by atoms with Crippen LogP contribution in [0.5, 0.6) is 5.75 Å². The Morgan fingerprint density at radius 2 is 1.97 bits per heavy atom. The maximum atomic E-state index is 13.6. The maximum absolute atomic E-state index is 13.6. The average Bonchev–Trinajstić information content (AvgIpc) is 3.50. The molecule has 0 saturated carbocycles.